The summed E-state index contributed by atoms with van der Waals surface area (Å²) in [7, 11) is 0. The first kappa shape index (κ1) is 39.1. The zero-order valence-electron chi connectivity index (χ0n) is 29.6. The van der Waals surface area contributed by atoms with E-state index in [1.54, 1.807) is 13.8 Å². The molecule has 0 aliphatic heterocycles. The van der Waals surface area contributed by atoms with Crippen molar-refractivity contribution in [1.29, 1.82) is 0 Å². The van der Waals surface area contributed by atoms with Crippen molar-refractivity contribution in [3.63, 3.8) is 0 Å². The molecular weight excluding hydrogens is 673 g/mol. The largest absolute Gasteiger partial charge is 0.494 e. The zero-order chi connectivity index (χ0) is 37.1. The summed E-state index contributed by atoms with van der Waals surface area (Å²) in [4.78, 5) is 35.7. The fourth-order valence-corrected chi connectivity index (χ4v) is 5.35. The molecule has 1 atom stereocenters. The molecule has 0 spiro atoms. The number of esters is 2. The third-order valence-corrected chi connectivity index (χ3v) is 8.48. The van der Waals surface area contributed by atoms with Crippen LogP contribution in [0, 0.1) is 23.7 Å². The van der Waals surface area contributed by atoms with E-state index in [9.17, 15) is 14.4 Å². The van der Waals surface area contributed by atoms with Crippen LogP contribution in [0.5, 0.6) is 5.75 Å². The van der Waals surface area contributed by atoms with E-state index in [4.69, 9.17) is 18.9 Å². The Morgan fingerprint density at radius 1 is 0.654 bits per heavy atom. The Labute approximate surface area is 310 Å². The highest BCUT2D eigenvalue weighted by atomic mass is 32.2. The van der Waals surface area contributed by atoms with Gasteiger partial charge in [0, 0.05) is 50.6 Å². The minimum absolute atomic E-state index is 0.00737. The van der Waals surface area contributed by atoms with E-state index < -0.39 is 5.97 Å². The van der Waals surface area contributed by atoms with Gasteiger partial charge >= 0.3 is 11.9 Å². The van der Waals surface area contributed by atoms with Gasteiger partial charge in [-0.2, -0.15) is 0 Å². The van der Waals surface area contributed by atoms with Gasteiger partial charge in [-0.25, -0.2) is 9.59 Å². The molecule has 4 rings (SSSR count). The van der Waals surface area contributed by atoms with Crippen LogP contribution in [-0.4, -0.2) is 48.7 Å². The average molecular weight is 715 g/mol. The van der Waals surface area contributed by atoms with Crippen LogP contribution in [0.25, 0.3) is 0 Å². The topological polar surface area (TPSA) is 88.1 Å². The molecule has 0 heterocycles. The van der Waals surface area contributed by atoms with Crippen molar-refractivity contribution in [3.8, 4) is 29.4 Å². The van der Waals surface area contributed by atoms with Gasteiger partial charge in [0.05, 0.1) is 26.4 Å². The molecule has 0 radical (unpaired) electrons. The second kappa shape index (κ2) is 20.8. The van der Waals surface area contributed by atoms with Crippen molar-refractivity contribution >= 4 is 28.8 Å². The standard InChI is InChI=1S/C44H42O7S/c1-32(2)42(45)50-29-6-5-28-48-40-24-26-41(27-25-40)52-44(47)38-20-16-36(17-21-38)14-12-34-8-10-35(11-9-34)13-15-37-18-22-39(23-19-37)49-30-7-31-51-43(46)33(3)4/h8-11,16-26,41H,1,3,5-7,27-31H2,2,4H3. The summed E-state index contributed by atoms with van der Waals surface area (Å²) in [6, 6.07) is 22.6. The number of carbonyl (C=O) groups excluding carboxylic acids is 3. The number of allylic oxidation sites excluding steroid dienone is 2. The molecule has 266 valence electrons. The highest BCUT2D eigenvalue weighted by Crippen LogP contribution is 2.26. The summed E-state index contributed by atoms with van der Waals surface area (Å²) in [6.07, 6.45) is 8.68. The van der Waals surface area contributed by atoms with E-state index in [-0.39, 0.29) is 22.9 Å². The lowest BCUT2D eigenvalue weighted by molar-refractivity contribution is -0.140. The zero-order valence-corrected chi connectivity index (χ0v) is 30.4. The Morgan fingerprint density at radius 2 is 1.12 bits per heavy atom. The third kappa shape index (κ3) is 13.9. The predicted octanol–water partition coefficient (Wildman–Crippen LogP) is 8.38. The van der Waals surface area contributed by atoms with Gasteiger partial charge in [-0.15, -0.1) is 0 Å². The monoisotopic (exact) mass is 714 g/mol. The fourth-order valence-electron chi connectivity index (χ4n) is 4.45. The molecule has 3 aromatic carbocycles. The molecule has 0 fully saturated rings. The number of hydrogen-bond acceptors (Lipinski definition) is 8. The van der Waals surface area contributed by atoms with Gasteiger partial charge < -0.3 is 18.9 Å². The van der Waals surface area contributed by atoms with Gasteiger partial charge in [0.2, 0.25) is 5.12 Å². The molecule has 1 aliphatic carbocycles. The van der Waals surface area contributed by atoms with E-state index in [1.807, 2.05) is 91.0 Å². The quantitative estimate of drug-likeness (QED) is 0.0672. The molecule has 3 aromatic rings. The van der Waals surface area contributed by atoms with Crippen molar-refractivity contribution in [2.45, 2.75) is 44.8 Å². The smallest absolute Gasteiger partial charge is 0.333 e. The van der Waals surface area contributed by atoms with E-state index in [1.165, 1.54) is 11.8 Å². The summed E-state index contributed by atoms with van der Waals surface area (Å²) in [5.74, 6) is 13.4. The van der Waals surface area contributed by atoms with Crippen molar-refractivity contribution < 1.29 is 33.3 Å². The van der Waals surface area contributed by atoms with Gasteiger partial charge in [-0.05, 0) is 118 Å². The Hall–Kier alpha value is -5.70. The second-order valence-corrected chi connectivity index (χ2v) is 13.1. The van der Waals surface area contributed by atoms with E-state index in [0.29, 0.717) is 55.8 Å². The Morgan fingerprint density at radius 3 is 1.62 bits per heavy atom. The molecule has 0 bridgehead atoms. The van der Waals surface area contributed by atoms with Gasteiger partial charge in [0.15, 0.2) is 0 Å². The maximum atomic E-state index is 12.9. The number of hydrogen-bond donors (Lipinski definition) is 0. The van der Waals surface area contributed by atoms with Crippen LogP contribution in [-0.2, 0) is 23.8 Å². The molecule has 7 nitrogen and oxygen atoms in total. The van der Waals surface area contributed by atoms with Crippen LogP contribution < -0.4 is 4.74 Å². The van der Waals surface area contributed by atoms with Crippen LogP contribution in [0.15, 0.2) is 121 Å². The fraction of sp³-hybridized carbons (Fsp3) is 0.250. The first-order valence-corrected chi connectivity index (χ1v) is 17.9. The maximum absolute atomic E-state index is 12.9. The highest BCUT2D eigenvalue weighted by Gasteiger charge is 2.16. The molecule has 1 aliphatic rings. The predicted molar refractivity (Wildman–Crippen MR) is 206 cm³/mol. The van der Waals surface area contributed by atoms with Crippen molar-refractivity contribution in [2.24, 2.45) is 0 Å². The van der Waals surface area contributed by atoms with E-state index >= 15 is 0 Å². The Bertz CT molecular complexity index is 1910. The highest BCUT2D eigenvalue weighted by molar-refractivity contribution is 8.14. The molecule has 0 saturated heterocycles. The van der Waals surface area contributed by atoms with Gasteiger partial charge in [-0.1, -0.05) is 54.7 Å². The van der Waals surface area contributed by atoms with Crippen molar-refractivity contribution in [1.82, 2.24) is 0 Å². The minimum Gasteiger partial charge on any atom is -0.494 e. The minimum atomic E-state index is -0.390. The van der Waals surface area contributed by atoms with Gasteiger partial charge in [0.1, 0.15) is 11.5 Å². The first-order chi connectivity index (χ1) is 25.2. The third-order valence-electron chi connectivity index (χ3n) is 7.38. The molecule has 1 unspecified atom stereocenters. The second-order valence-electron chi connectivity index (χ2n) is 11.9. The van der Waals surface area contributed by atoms with Crippen LogP contribution in [0.4, 0.5) is 0 Å². The molecule has 52 heavy (non-hydrogen) atoms. The van der Waals surface area contributed by atoms with Crippen molar-refractivity contribution in [3.05, 3.63) is 149 Å². The van der Waals surface area contributed by atoms with Crippen LogP contribution in [0.3, 0.4) is 0 Å². The lowest BCUT2D eigenvalue weighted by atomic mass is 10.1. The number of thioether (sulfide) groups is 1. The number of ether oxygens (including phenoxy) is 4. The lowest BCUT2D eigenvalue weighted by Crippen LogP contribution is -2.09. The number of rotatable bonds is 15. The van der Waals surface area contributed by atoms with E-state index in [0.717, 1.165) is 40.2 Å². The normalized spacial score (nSPS) is 12.9. The molecule has 0 amide bonds. The Balaban J connectivity index is 1.16. The SMILES string of the molecule is C=C(C)C(=O)OCCCCOC1=CCC(SC(=O)c2ccc(C#Cc3ccc(C#Cc4ccc(OCCCOC(=O)C(=C)C)cc4)cc3)cc2)C=C1. The number of benzene rings is 3. The summed E-state index contributed by atoms with van der Waals surface area (Å²) in [5.41, 5.74) is 4.83. The molecular formula is C44H42O7S. The van der Waals surface area contributed by atoms with Crippen LogP contribution >= 0.6 is 11.8 Å². The van der Waals surface area contributed by atoms with E-state index in [2.05, 4.69) is 36.8 Å². The molecule has 0 saturated carbocycles. The van der Waals surface area contributed by atoms with Gasteiger partial charge in [-0.3, -0.25) is 4.79 Å². The average Bonchev–Trinajstić information content (AvgIpc) is 3.15. The van der Waals surface area contributed by atoms with Crippen LogP contribution in [0.2, 0.25) is 0 Å². The van der Waals surface area contributed by atoms with Gasteiger partial charge in [0.25, 0.3) is 0 Å². The lowest BCUT2D eigenvalue weighted by Gasteiger charge is -2.16. The first-order valence-electron chi connectivity index (χ1n) is 17.0. The van der Waals surface area contributed by atoms with Crippen LogP contribution in [0.1, 0.15) is 72.1 Å². The summed E-state index contributed by atoms with van der Waals surface area (Å²) >= 11 is 1.29. The number of carbonyl (C=O) groups is 3. The molecule has 0 N–H and O–H groups in total. The molecule has 0 aromatic heterocycles. The molecule has 8 heteroatoms. The summed E-state index contributed by atoms with van der Waals surface area (Å²) in [5, 5.41) is 0.0468. The van der Waals surface area contributed by atoms with Crippen molar-refractivity contribution in [2.75, 3.05) is 26.4 Å². The maximum Gasteiger partial charge on any atom is 0.333 e. The number of unbranched alkanes of at least 4 members (excludes halogenated alkanes) is 1. The summed E-state index contributed by atoms with van der Waals surface area (Å²) in [6.45, 7) is 12.0. The Kier molecular flexibility index (Phi) is 15.7. The summed E-state index contributed by atoms with van der Waals surface area (Å²) < 4.78 is 21.6.